The lowest BCUT2D eigenvalue weighted by Crippen LogP contribution is -2.21. The van der Waals surface area contributed by atoms with Gasteiger partial charge in [-0.3, -0.25) is 19.5 Å². The first-order valence-electron chi connectivity index (χ1n) is 10.0. The third kappa shape index (κ3) is 6.01. The first kappa shape index (κ1) is 24.1. The quantitative estimate of drug-likeness (QED) is 0.232. The zero-order valence-corrected chi connectivity index (χ0v) is 19.0. The lowest BCUT2D eigenvalue weighted by Gasteiger charge is -2.21. The summed E-state index contributed by atoms with van der Waals surface area (Å²) in [5, 5.41) is 8.90. The van der Waals surface area contributed by atoms with Gasteiger partial charge in [0.1, 0.15) is 5.82 Å². The molecular formula is C26H20ClN5O2. The minimum Gasteiger partial charge on any atom is -0.306 e. The molecule has 3 aromatic rings. The molecule has 1 N–H and O–H groups in total. The van der Waals surface area contributed by atoms with Crippen LogP contribution in [0.4, 0.5) is 17.2 Å². The Kier molecular flexibility index (Phi) is 8.02. The number of terminal acetylenes is 2. The van der Waals surface area contributed by atoms with Crippen molar-refractivity contribution in [3.05, 3.63) is 82.5 Å². The van der Waals surface area contributed by atoms with Gasteiger partial charge in [0.15, 0.2) is 0 Å². The Morgan fingerprint density at radius 3 is 2.56 bits per heavy atom. The molecule has 0 aliphatic carbocycles. The van der Waals surface area contributed by atoms with Gasteiger partial charge in [0.05, 0.1) is 24.0 Å². The maximum absolute atomic E-state index is 13.0. The highest BCUT2D eigenvalue weighted by atomic mass is 35.5. The van der Waals surface area contributed by atoms with Crippen molar-refractivity contribution in [1.82, 2.24) is 9.99 Å². The average molecular weight is 470 g/mol. The molecule has 0 saturated carbocycles. The number of hydrogen-bond donors (Lipinski definition) is 1. The molecule has 0 atom stereocenters. The van der Waals surface area contributed by atoms with Crippen molar-refractivity contribution >= 4 is 47.3 Å². The molecule has 34 heavy (non-hydrogen) atoms. The molecule has 2 amide bonds. The van der Waals surface area contributed by atoms with Crippen LogP contribution in [-0.4, -0.2) is 42.1 Å². The summed E-state index contributed by atoms with van der Waals surface area (Å²) in [6.45, 7) is 0.387. The zero-order valence-electron chi connectivity index (χ0n) is 18.3. The van der Waals surface area contributed by atoms with Crippen LogP contribution >= 0.6 is 11.6 Å². The molecule has 7 nitrogen and oxygen atoms in total. The predicted molar refractivity (Wildman–Crippen MR) is 135 cm³/mol. The van der Waals surface area contributed by atoms with E-state index >= 15 is 0 Å². The normalized spacial score (nSPS) is 10.2. The van der Waals surface area contributed by atoms with Gasteiger partial charge < -0.3 is 5.32 Å². The number of rotatable bonds is 8. The van der Waals surface area contributed by atoms with E-state index in [1.807, 2.05) is 0 Å². The SMILES string of the molecule is C#CCN(C)N=Cc1ccc(N(C=O)c2ccc(Cl)cc2C(=O)Nc2ccc(C#C)cn2)cc1. The first-order chi connectivity index (χ1) is 16.4. The van der Waals surface area contributed by atoms with Crippen molar-refractivity contribution in [3.63, 3.8) is 0 Å². The van der Waals surface area contributed by atoms with E-state index in [1.54, 1.807) is 66.8 Å². The Labute approximate surface area is 203 Å². The maximum atomic E-state index is 13.0. The Morgan fingerprint density at radius 1 is 1.18 bits per heavy atom. The van der Waals surface area contributed by atoms with Crippen LogP contribution in [0.2, 0.25) is 5.02 Å². The van der Waals surface area contributed by atoms with Gasteiger partial charge in [-0.05, 0) is 48.0 Å². The van der Waals surface area contributed by atoms with Crippen molar-refractivity contribution < 1.29 is 9.59 Å². The summed E-state index contributed by atoms with van der Waals surface area (Å²) in [4.78, 5) is 30.5. The van der Waals surface area contributed by atoms with Crippen LogP contribution in [0.1, 0.15) is 21.5 Å². The Balaban J connectivity index is 1.87. The minimum atomic E-state index is -0.481. The standard InChI is InChI=1S/C26H20ClN5O2/c1-4-14-31(3)29-17-20-6-10-22(11-7-20)32(18-33)24-12-9-21(27)15-23(24)26(34)30-25-13-8-19(5-2)16-28-25/h1-2,6-13,15-18H,14H2,3H3,(H,28,30,34). The van der Waals surface area contributed by atoms with E-state index in [2.05, 4.69) is 27.2 Å². The van der Waals surface area contributed by atoms with Crippen LogP contribution < -0.4 is 10.2 Å². The van der Waals surface area contributed by atoms with Crippen LogP contribution in [0.3, 0.4) is 0 Å². The van der Waals surface area contributed by atoms with E-state index in [4.69, 9.17) is 24.4 Å². The maximum Gasteiger partial charge on any atom is 0.259 e. The summed E-state index contributed by atoms with van der Waals surface area (Å²) >= 11 is 6.15. The molecule has 168 valence electrons. The Bertz CT molecular complexity index is 1290. The molecule has 3 rings (SSSR count). The molecule has 0 aliphatic heterocycles. The van der Waals surface area contributed by atoms with Crippen molar-refractivity contribution in [2.45, 2.75) is 0 Å². The summed E-state index contributed by atoms with van der Waals surface area (Å²) in [5.41, 5.74) is 2.51. The number of carbonyl (C=O) groups is 2. The van der Waals surface area contributed by atoms with Gasteiger partial charge in [0.2, 0.25) is 6.41 Å². The summed E-state index contributed by atoms with van der Waals surface area (Å²) in [5.74, 6) is 4.80. The summed E-state index contributed by atoms with van der Waals surface area (Å²) < 4.78 is 0. The second-order valence-corrected chi connectivity index (χ2v) is 7.46. The largest absolute Gasteiger partial charge is 0.306 e. The van der Waals surface area contributed by atoms with Gasteiger partial charge in [0.25, 0.3) is 5.91 Å². The second kappa shape index (κ2) is 11.3. The van der Waals surface area contributed by atoms with Crippen molar-refractivity contribution in [2.24, 2.45) is 5.10 Å². The molecule has 0 unspecified atom stereocenters. The third-order valence-corrected chi connectivity index (χ3v) is 4.87. The number of amides is 2. The number of hydrazone groups is 1. The van der Waals surface area contributed by atoms with Gasteiger partial charge in [-0.2, -0.15) is 5.10 Å². The summed E-state index contributed by atoms with van der Waals surface area (Å²) in [6, 6.07) is 15.0. The Hall–Kier alpha value is -4.59. The fraction of sp³-hybridized carbons (Fsp3) is 0.0769. The number of carbonyl (C=O) groups excluding carboxylic acids is 2. The average Bonchev–Trinajstić information content (AvgIpc) is 2.85. The molecule has 0 aliphatic rings. The van der Waals surface area contributed by atoms with Crippen LogP contribution in [0, 0.1) is 24.7 Å². The van der Waals surface area contributed by atoms with E-state index in [9.17, 15) is 9.59 Å². The molecule has 2 aromatic carbocycles. The number of benzene rings is 2. The number of aromatic nitrogens is 1. The van der Waals surface area contributed by atoms with E-state index in [0.717, 1.165) is 5.56 Å². The van der Waals surface area contributed by atoms with Crippen molar-refractivity contribution in [2.75, 3.05) is 23.8 Å². The topological polar surface area (TPSA) is 77.9 Å². The molecule has 0 saturated heterocycles. The van der Waals surface area contributed by atoms with Crippen molar-refractivity contribution in [3.8, 4) is 24.7 Å². The highest BCUT2D eigenvalue weighted by Gasteiger charge is 2.19. The highest BCUT2D eigenvalue weighted by Crippen LogP contribution is 2.30. The van der Waals surface area contributed by atoms with Gasteiger partial charge in [-0.15, -0.1) is 12.8 Å². The number of nitrogens with zero attached hydrogens (tertiary/aromatic N) is 4. The molecule has 0 fully saturated rings. The molecule has 0 radical (unpaired) electrons. The first-order valence-corrected chi connectivity index (χ1v) is 10.4. The summed E-state index contributed by atoms with van der Waals surface area (Å²) in [6.07, 6.45) is 14.4. The van der Waals surface area contributed by atoms with Crippen LogP contribution in [-0.2, 0) is 4.79 Å². The second-order valence-electron chi connectivity index (χ2n) is 7.02. The molecule has 8 heteroatoms. The number of hydrogen-bond acceptors (Lipinski definition) is 5. The van der Waals surface area contributed by atoms with Crippen molar-refractivity contribution in [1.29, 1.82) is 0 Å². The van der Waals surface area contributed by atoms with E-state index in [0.29, 0.717) is 40.7 Å². The van der Waals surface area contributed by atoms with E-state index in [1.165, 1.54) is 17.2 Å². The number of pyridine rings is 1. The van der Waals surface area contributed by atoms with Gasteiger partial charge in [-0.1, -0.05) is 35.6 Å². The van der Waals surface area contributed by atoms with E-state index in [-0.39, 0.29) is 5.56 Å². The van der Waals surface area contributed by atoms with Crippen LogP contribution in [0.5, 0.6) is 0 Å². The molecule has 0 spiro atoms. The molecule has 1 aromatic heterocycles. The smallest absolute Gasteiger partial charge is 0.259 e. The zero-order chi connectivity index (χ0) is 24.5. The van der Waals surface area contributed by atoms with Gasteiger partial charge in [0, 0.05) is 29.5 Å². The third-order valence-electron chi connectivity index (χ3n) is 4.64. The fourth-order valence-corrected chi connectivity index (χ4v) is 3.13. The fourth-order valence-electron chi connectivity index (χ4n) is 2.95. The van der Waals surface area contributed by atoms with Crippen LogP contribution in [0.15, 0.2) is 65.9 Å². The molecule has 1 heterocycles. The predicted octanol–water partition coefficient (Wildman–Crippen LogP) is 4.16. The lowest BCUT2D eigenvalue weighted by molar-refractivity contribution is -0.106. The molecular weight excluding hydrogens is 450 g/mol. The monoisotopic (exact) mass is 469 g/mol. The lowest BCUT2D eigenvalue weighted by atomic mass is 10.1. The van der Waals surface area contributed by atoms with E-state index < -0.39 is 5.91 Å². The number of halogens is 1. The van der Waals surface area contributed by atoms with Crippen LogP contribution in [0.25, 0.3) is 0 Å². The number of anilines is 3. The van der Waals surface area contributed by atoms with Gasteiger partial charge >= 0.3 is 0 Å². The number of nitrogens with one attached hydrogen (secondary N) is 1. The molecule has 0 bridgehead atoms. The highest BCUT2D eigenvalue weighted by molar-refractivity contribution is 6.31. The van der Waals surface area contributed by atoms with Gasteiger partial charge in [-0.25, -0.2) is 4.98 Å². The Morgan fingerprint density at radius 2 is 1.94 bits per heavy atom. The minimum absolute atomic E-state index is 0.198. The summed E-state index contributed by atoms with van der Waals surface area (Å²) in [7, 11) is 1.77.